The lowest BCUT2D eigenvalue weighted by Crippen LogP contribution is -2.35. The molecule has 0 saturated heterocycles. The predicted molar refractivity (Wildman–Crippen MR) is 118 cm³/mol. The Morgan fingerprint density at radius 2 is 2.00 bits per heavy atom. The number of aromatic nitrogens is 2. The van der Waals surface area contributed by atoms with E-state index in [1.54, 1.807) is 30.2 Å². The first-order valence-corrected chi connectivity index (χ1v) is 10.9. The number of nitrogens with zero attached hydrogens (tertiary/aromatic N) is 2. The summed E-state index contributed by atoms with van der Waals surface area (Å²) in [7, 11) is 1.59. The van der Waals surface area contributed by atoms with Crippen LogP contribution in [0.1, 0.15) is 5.82 Å². The van der Waals surface area contributed by atoms with Crippen LogP contribution in [0, 0.1) is 0 Å². The molecule has 1 aliphatic heterocycles. The minimum absolute atomic E-state index is 0.0762. The zero-order valence-corrected chi connectivity index (χ0v) is 17.9. The molecule has 31 heavy (non-hydrogen) atoms. The number of carbonyl (C=O) groups is 1. The maximum absolute atomic E-state index is 12.9. The Kier molecular flexibility index (Phi) is 6.73. The van der Waals surface area contributed by atoms with E-state index < -0.39 is 0 Å². The summed E-state index contributed by atoms with van der Waals surface area (Å²) >= 11 is 1.42. The number of carbonyl (C=O) groups excluding carboxylic acids is 1. The van der Waals surface area contributed by atoms with Crippen LogP contribution < -0.4 is 15.0 Å². The van der Waals surface area contributed by atoms with E-state index in [0.29, 0.717) is 48.8 Å². The van der Waals surface area contributed by atoms with E-state index >= 15 is 0 Å². The highest BCUT2D eigenvalue weighted by atomic mass is 32.2. The van der Waals surface area contributed by atoms with Gasteiger partial charge in [0.05, 0.1) is 29.8 Å². The highest BCUT2D eigenvalue weighted by Gasteiger charge is 2.18. The van der Waals surface area contributed by atoms with Gasteiger partial charge in [0.15, 0.2) is 11.5 Å². The van der Waals surface area contributed by atoms with Crippen LogP contribution >= 0.6 is 11.8 Å². The quantitative estimate of drug-likeness (QED) is 0.537. The van der Waals surface area contributed by atoms with Gasteiger partial charge >= 0.3 is 0 Å². The van der Waals surface area contributed by atoms with Gasteiger partial charge in [-0.1, -0.05) is 12.1 Å². The Labute approximate surface area is 183 Å². The molecule has 0 aliphatic carbocycles. The smallest absolute Gasteiger partial charge is 0.258 e. The maximum atomic E-state index is 12.9. The number of methoxy groups -OCH3 is 1. The van der Waals surface area contributed by atoms with Crippen LogP contribution in [0.4, 0.5) is 0 Å². The average molecular weight is 442 g/mol. The van der Waals surface area contributed by atoms with Crippen LogP contribution in [0.5, 0.6) is 11.5 Å². The topological polar surface area (TPSA) is 93.8 Å². The SMILES string of the molecule is COCCN(Cc1nc2ccccc2c(=O)[nH]1)C(=O)CSc1ccc2c(c1)OCCO2. The van der Waals surface area contributed by atoms with Gasteiger partial charge in [0.2, 0.25) is 5.91 Å². The van der Waals surface area contributed by atoms with Crippen molar-refractivity contribution in [3.63, 3.8) is 0 Å². The van der Waals surface area contributed by atoms with Gasteiger partial charge in [-0.05, 0) is 30.3 Å². The molecule has 1 aliphatic rings. The molecule has 1 amide bonds. The largest absolute Gasteiger partial charge is 0.486 e. The van der Waals surface area contributed by atoms with Gasteiger partial charge in [-0.2, -0.15) is 0 Å². The number of fused-ring (bicyclic) bond motifs is 2. The Morgan fingerprint density at radius 3 is 2.84 bits per heavy atom. The van der Waals surface area contributed by atoms with Crippen molar-refractivity contribution in [2.45, 2.75) is 11.4 Å². The predicted octanol–water partition coefficient (Wildman–Crippen LogP) is 2.46. The molecular weight excluding hydrogens is 418 g/mol. The molecule has 3 aromatic rings. The molecule has 0 bridgehead atoms. The first-order chi connectivity index (χ1) is 15.1. The number of ether oxygens (including phenoxy) is 3. The van der Waals surface area contributed by atoms with Gasteiger partial charge in [0, 0.05) is 18.6 Å². The number of rotatable bonds is 8. The molecule has 1 N–H and O–H groups in total. The zero-order valence-electron chi connectivity index (χ0n) is 17.1. The minimum atomic E-state index is -0.217. The van der Waals surface area contributed by atoms with Crippen molar-refractivity contribution in [2.24, 2.45) is 0 Å². The van der Waals surface area contributed by atoms with E-state index in [-0.39, 0.29) is 23.8 Å². The third-order valence-corrected chi connectivity index (χ3v) is 5.78. The number of hydrogen-bond acceptors (Lipinski definition) is 7. The Morgan fingerprint density at radius 1 is 1.19 bits per heavy atom. The number of nitrogens with one attached hydrogen (secondary N) is 1. The van der Waals surface area contributed by atoms with Gasteiger partial charge in [-0.25, -0.2) is 4.98 Å². The average Bonchev–Trinajstić information content (AvgIpc) is 2.80. The normalized spacial score (nSPS) is 12.7. The molecule has 0 radical (unpaired) electrons. The van der Waals surface area contributed by atoms with Crippen LogP contribution in [0.15, 0.2) is 52.2 Å². The monoisotopic (exact) mass is 441 g/mol. The van der Waals surface area contributed by atoms with Gasteiger partial charge in [0.1, 0.15) is 19.0 Å². The van der Waals surface area contributed by atoms with Crippen molar-refractivity contribution >= 4 is 28.6 Å². The Balaban J connectivity index is 1.46. The first-order valence-electron chi connectivity index (χ1n) is 9.91. The van der Waals surface area contributed by atoms with Crippen LogP contribution in [-0.2, 0) is 16.1 Å². The first kappa shape index (κ1) is 21.2. The summed E-state index contributed by atoms with van der Waals surface area (Å²) in [5, 5.41) is 0.523. The standard InChI is InChI=1S/C22H23N3O5S/c1-28-9-8-25(13-20-23-17-5-3-2-4-16(17)22(27)24-20)21(26)14-31-15-6-7-18-19(12-15)30-11-10-29-18/h2-7,12H,8-11,13-14H2,1H3,(H,23,24,27). The highest BCUT2D eigenvalue weighted by Crippen LogP contribution is 2.34. The summed E-state index contributed by atoms with van der Waals surface area (Å²) in [6, 6.07) is 12.8. The minimum Gasteiger partial charge on any atom is -0.486 e. The molecule has 0 saturated carbocycles. The zero-order chi connectivity index (χ0) is 21.6. The van der Waals surface area contributed by atoms with Gasteiger partial charge < -0.3 is 24.1 Å². The molecule has 1 aromatic heterocycles. The van der Waals surface area contributed by atoms with Gasteiger partial charge in [-0.15, -0.1) is 11.8 Å². The van der Waals surface area contributed by atoms with E-state index in [0.717, 1.165) is 10.6 Å². The molecule has 0 unspecified atom stereocenters. The number of para-hydroxylation sites is 1. The molecule has 2 aromatic carbocycles. The fourth-order valence-electron chi connectivity index (χ4n) is 3.23. The molecule has 2 heterocycles. The maximum Gasteiger partial charge on any atom is 0.258 e. The third kappa shape index (κ3) is 5.18. The molecule has 8 nitrogen and oxygen atoms in total. The van der Waals surface area contributed by atoms with Gasteiger partial charge in [0.25, 0.3) is 5.56 Å². The fourth-order valence-corrected chi connectivity index (χ4v) is 4.06. The lowest BCUT2D eigenvalue weighted by molar-refractivity contribution is -0.129. The molecule has 0 atom stereocenters. The summed E-state index contributed by atoms with van der Waals surface area (Å²) in [5.74, 6) is 2.01. The van der Waals surface area contributed by atoms with Crippen molar-refractivity contribution in [1.82, 2.24) is 14.9 Å². The summed E-state index contributed by atoms with van der Waals surface area (Å²) in [5.41, 5.74) is 0.386. The number of benzene rings is 2. The molecule has 4 rings (SSSR count). The van der Waals surface area contributed by atoms with Crippen molar-refractivity contribution in [3.05, 3.63) is 58.6 Å². The summed E-state index contributed by atoms with van der Waals surface area (Å²) in [6.45, 7) is 2.04. The fraction of sp³-hybridized carbons (Fsp3) is 0.318. The second-order valence-corrected chi connectivity index (χ2v) is 7.98. The second kappa shape index (κ2) is 9.84. The number of amides is 1. The number of thioether (sulfide) groups is 1. The second-order valence-electron chi connectivity index (χ2n) is 6.93. The lowest BCUT2D eigenvalue weighted by Gasteiger charge is -2.22. The van der Waals surface area contributed by atoms with E-state index in [4.69, 9.17) is 14.2 Å². The summed E-state index contributed by atoms with van der Waals surface area (Å²) in [4.78, 5) is 35.1. The molecule has 162 valence electrons. The highest BCUT2D eigenvalue weighted by molar-refractivity contribution is 8.00. The van der Waals surface area contributed by atoms with Crippen LogP contribution in [0.3, 0.4) is 0 Å². The molecule has 0 fully saturated rings. The summed E-state index contributed by atoms with van der Waals surface area (Å²) in [6.07, 6.45) is 0. The lowest BCUT2D eigenvalue weighted by atomic mass is 10.2. The van der Waals surface area contributed by atoms with E-state index in [9.17, 15) is 9.59 Å². The molecule has 9 heteroatoms. The van der Waals surface area contributed by atoms with Crippen LogP contribution in [0.25, 0.3) is 10.9 Å². The van der Waals surface area contributed by atoms with E-state index in [1.807, 2.05) is 24.3 Å². The van der Waals surface area contributed by atoms with E-state index in [1.165, 1.54) is 11.8 Å². The van der Waals surface area contributed by atoms with Crippen LogP contribution in [-0.4, -0.2) is 60.0 Å². The van der Waals surface area contributed by atoms with Crippen LogP contribution in [0.2, 0.25) is 0 Å². The van der Waals surface area contributed by atoms with Crippen molar-refractivity contribution in [3.8, 4) is 11.5 Å². The summed E-state index contributed by atoms with van der Waals surface area (Å²) < 4.78 is 16.3. The van der Waals surface area contributed by atoms with Crippen molar-refractivity contribution in [1.29, 1.82) is 0 Å². The van der Waals surface area contributed by atoms with Crippen molar-refractivity contribution in [2.75, 3.05) is 39.2 Å². The Hall–Kier alpha value is -3.04. The Bertz CT molecular complexity index is 1130. The third-order valence-electron chi connectivity index (χ3n) is 4.80. The number of hydrogen-bond donors (Lipinski definition) is 1. The molecular formula is C22H23N3O5S. The molecule has 0 spiro atoms. The van der Waals surface area contributed by atoms with Gasteiger partial charge in [-0.3, -0.25) is 9.59 Å². The van der Waals surface area contributed by atoms with Crippen molar-refractivity contribution < 1.29 is 19.0 Å². The number of H-pyrrole nitrogens is 1. The van der Waals surface area contributed by atoms with E-state index in [2.05, 4.69) is 9.97 Å². The number of aromatic amines is 1.